The number of hydrogen-bond donors (Lipinski definition) is 0. The zero-order valence-electron chi connectivity index (χ0n) is 13.6. The molecule has 1 aromatic heterocycles. The van der Waals surface area contributed by atoms with E-state index in [0.29, 0.717) is 6.54 Å². The predicted molar refractivity (Wildman–Crippen MR) is 89.4 cm³/mol. The maximum absolute atomic E-state index is 12.9. The van der Waals surface area contributed by atoms with Crippen LogP contribution in [0.25, 0.3) is 0 Å². The Hall–Kier alpha value is -2.28. The smallest absolute Gasteiger partial charge is 0.294 e. The molecule has 0 radical (unpaired) electrons. The molecule has 7 heteroatoms. The number of carbonyl (C=O) groups is 1. The Kier molecular flexibility index (Phi) is 4.36. The molecule has 0 saturated heterocycles. The lowest BCUT2D eigenvalue weighted by Crippen LogP contribution is -2.31. The van der Waals surface area contributed by atoms with Crippen molar-refractivity contribution in [2.45, 2.75) is 24.4 Å². The van der Waals surface area contributed by atoms with Crippen molar-refractivity contribution in [1.82, 2.24) is 0 Å². The van der Waals surface area contributed by atoms with Gasteiger partial charge >= 0.3 is 0 Å². The van der Waals surface area contributed by atoms with E-state index < -0.39 is 9.84 Å². The first-order valence-corrected chi connectivity index (χ1v) is 9.58. The molecule has 0 fully saturated rings. The first-order chi connectivity index (χ1) is 11.4. The van der Waals surface area contributed by atoms with E-state index in [9.17, 15) is 13.2 Å². The van der Waals surface area contributed by atoms with Gasteiger partial charge in [0.25, 0.3) is 5.91 Å². The van der Waals surface area contributed by atoms with Gasteiger partial charge < -0.3 is 14.1 Å². The van der Waals surface area contributed by atoms with Gasteiger partial charge in [0.1, 0.15) is 5.75 Å². The molecule has 0 unspecified atom stereocenters. The lowest BCUT2D eigenvalue weighted by Gasteiger charge is -2.22. The normalized spacial score (nSPS) is 14.8. The number of sulfone groups is 1. The minimum absolute atomic E-state index is 0.0195. The number of benzene rings is 1. The first kappa shape index (κ1) is 16.6. The number of furan rings is 1. The third-order valence-electron chi connectivity index (χ3n) is 4.08. The van der Waals surface area contributed by atoms with Crippen LogP contribution in [0.4, 0.5) is 5.69 Å². The van der Waals surface area contributed by atoms with Crippen LogP contribution < -0.4 is 9.64 Å². The quantitative estimate of drug-likeness (QED) is 0.851. The summed E-state index contributed by atoms with van der Waals surface area (Å²) in [5.41, 5.74) is 1.77. The minimum atomic E-state index is -3.48. The maximum atomic E-state index is 12.9. The molecule has 0 bridgehead atoms. The molecule has 128 valence electrons. The van der Waals surface area contributed by atoms with Gasteiger partial charge in [-0.3, -0.25) is 4.79 Å². The Bertz CT molecular complexity index is 869. The highest BCUT2D eigenvalue weighted by Gasteiger charge is 2.27. The van der Waals surface area contributed by atoms with Crippen molar-refractivity contribution in [1.29, 1.82) is 0 Å². The highest BCUT2D eigenvalue weighted by Crippen LogP contribution is 2.34. The van der Waals surface area contributed by atoms with E-state index in [1.54, 1.807) is 12.0 Å². The fourth-order valence-electron chi connectivity index (χ4n) is 2.92. The Morgan fingerprint density at radius 1 is 1.21 bits per heavy atom. The second-order valence-electron chi connectivity index (χ2n) is 5.76. The number of ether oxygens (including phenoxy) is 1. The Morgan fingerprint density at radius 3 is 2.67 bits per heavy atom. The average Bonchev–Trinajstić information content (AvgIpc) is 2.95. The molecule has 1 aromatic carbocycles. The van der Waals surface area contributed by atoms with Gasteiger partial charge in [-0.2, -0.15) is 0 Å². The fraction of sp³-hybridized carbons (Fsp3) is 0.353. The van der Waals surface area contributed by atoms with E-state index in [0.717, 1.165) is 42.5 Å². The molecule has 1 aliphatic heterocycles. The van der Waals surface area contributed by atoms with Crippen molar-refractivity contribution in [2.24, 2.45) is 0 Å². The van der Waals surface area contributed by atoms with Gasteiger partial charge in [0.05, 0.1) is 12.8 Å². The van der Waals surface area contributed by atoms with E-state index in [4.69, 9.17) is 9.15 Å². The predicted octanol–water partition coefficient (Wildman–Crippen LogP) is 2.67. The van der Waals surface area contributed by atoms with Gasteiger partial charge in [-0.15, -0.1) is 0 Å². The summed E-state index contributed by atoms with van der Waals surface area (Å²) in [6.45, 7) is 0.550. The van der Waals surface area contributed by atoms with Crippen molar-refractivity contribution >= 4 is 21.4 Å². The summed E-state index contributed by atoms with van der Waals surface area (Å²) in [6.07, 6.45) is 3.68. The molecule has 0 N–H and O–H groups in total. The second-order valence-corrected chi connectivity index (χ2v) is 7.71. The number of nitrogens with zero attached hydrogens (tertiary/aromatic N) is 1. The molecule has 2 heterocycles. The van der Waals surface area contributed by atoms with Crippen LogP contribution in [-0.4, -0.2) is 34.2 Å². The molecule has 3 rings (SSSR count). The van der Waals surface area contributed by atoms with Gasteiger partial charge in [-0.25, -0.2) is 8.42 Å². The van der Waals surface area contributed by atoms with Gasteiger partial charge in [0, 0.05) is 18.4 Å². The Morgan fingerprint density at radius 2 is 2.00 bits per heavy atom. The standard InChI is InChI=1S/C17H19NO5S/c1-22-14-8-5-7-13-12(14)6-3-4-11-18(13)17(19)15-9-10-16(23-15)24(2,20)21/h5,7-10H,3-4,6,11H2,1-2H3. The molecule has 0 aliphatic carbocycles. The third-order valence-corrected chi connectivity index (χ3v) is 5.03. The van der Waals surface area contributed by atoms with Gasteiger partial charge in [0.15, 0.2) is 5.76 Å². The van der Waals surface area contributed by atoms with Crippen LogP contribution >= 0.6 is 0 Å². The highest BCUT2D eigenvalue weighted by atomic mass is 32.2. The number of carbonyl (C=O) groups excluding carboxylic acids is 1. The number of fused-ring (bicyclic) bond motifs is 1. The maximum Gasteiger partial charge on any atom is 0.294 e. The molecule has 0 saturated carbocycles. The largest absolute Gasteiger partial charge is 0.496 e. The van der Waals surface area contributed by atoms with Crippen molar-refractivity contribution in [2.75, 3.05) is 24.8 Å². The Labute approximate surface area is 140 Å². The second kappa shape index (κ2) is 6.32. The molecule has 6 nitrogen and oxygen atoms in total. The van der Waals surface area contributed by atoms with Crippen LogP contribution in [0.3, 0.4) is 0 Å². The average molecular weight is 349 g/mol. The molecule has 1 amide bonds. The van der Waals surface area contributed by atoms with Gasteiger partial charge in [-0.05, 0) is 43.5 Å². The van der Waals surface area contributed by atoms with E-state index in [1.165, 1.54) is 12.1 Å². The summed E-state index contributed by atoms with van der Waals surface area (Å²) in [5, 5.41) is -0.202. The number of rotatable bonds is 3. The summed E-state index contributed by atoms with van der Waals surface area (Å²) in [7, 11) is -1.87. The summed E-state index contributed by atoms with van der Waals surface area (Å²) in [5.74, 6) is 0.427. The van der Waals surface area contributed by atoms with Crippen molar-refractivity contribution in [3.8, 4) is 5.75 Å². The monoisotopic (exact) mass is 349 g/mol. The van der Waals surface area contributed by atoms with Crippen LogP contribution in [0.2, 0.25) is 0 Å². The number of hydrogen-bond acceptors (Lipinski definition) is 5. The SMILES string of the molecule is COc1cccc2c1CCCCN2C(=O)c1ccc(S(C)(=O)=O)o1. The molecular weight excluding hydrogens is 330 g/mol. The molecule has 0 atom stereocenters. The topological polar surface area (TPSA) is 76.8 Å². The Balaban J connectivity index is 2.00. The number of anilines is 1. The van der Waals surface area contributed by atoms with E-state index in [2.05, 4.69) is 0 Å². The highest BCUT2D eigenvalue weighted by molar-refractivity contribution is 7.90. The van der Waals surface area contributed by atoms with Crippen LogP contribution in [0.5, 0.6) is 5.75 Å². The molecule has 0 spiro atoms. The van der Waals surface area contributed by atoms with Crippen molar-refractivity contribution < 1.29 is 22.4 Å². The summed E-state index contributed by atoms with van der Waals surface area (Å²) >= 11 is 0. The lowest BCUT2D eigenvalue weighted by molar-refractivity contribution is 0.0955. The summed E-state index contributed by atoms with van der Waals surface area (Å²) in [4.78, 5) is 14.5. The van der Waals surface area contributed by atoms with Crippen molar-refractivity contribution in [3.63, 3.8) is 0 Å². The summed E-state index contributed by atoms with van der Waals surface area (Å²) in [6, 6.07) is 8.31. The van der Waals surface area contributed by atoms with E-state index in [1.807, 2.05) is 18.2 Å². The van der Waals surface area contributed by atoms with Crippen LogP contribution in [-0.2, 0) is 16.3 Å². The number of amides is 1. The molecular formula is C17H19NO5S. The molecule has 24 heavy (non-hydrogen) atoms. The zero-order chi connectivity index (χ0) is 17.3. The fourth-order valence-corrected chi connectivity index (χ4v) is 3.48. The lowest BCUT2D eigenvalue weighted by atomic mass is 10.1. The number of methoxy groups -OCH3 is 1. The molecule has 1 aliphatic rings. The van der Waals surface area contributed by atoms with Crippen LogP contribution in [0.1, 0.15) is 29.0 Å². The summed E-state index contributed by atoms with van der Waals surface area (Å²) < 4.78 is 33.8. The third kappa shape index (κ3) is 3.03. The van der Waals surface area contributed by atoms with Crippen molar-refractivity contribution in [3.05, 3.63) is 41.7 Å². The van der Waals surface area contributed by atoms with E-state index >= 15 is 0 Å². The van der Waals surface area contributed by atoms with Gasteiger partial charge in [-0.1, -0.05) is 6.07 Å². The minimum Gasteiger partial charge on any atom is -0.496 e. The van der Waals surface area contributed by atoms with E-state index in [-0.39, 0.29) is 16.8 Å². The van der Waals surface area contributed by atoms with Crippen LogP contribution in [0, 0.1) is 0 Å². The van der Waals surface area contributed by atoms with Gasteiger partial charge in [0.2, 0.25) is 14.9 Å². The van der Waals surface area contributed by atoms with Crippen LogP contribution in [0.15, 0.2) is 39.8 Å². The molecule has 2 aromatic rings. The first-order valence-electron chi connectivity index (χ1n) is 7.69. The zero-order valence-corrected chi connectivity index (χ0v) is 14.4.